The summed E-state index contributed by atoms with van der Waals surface area (Å²) in [7, 11) is -3.27. The van der Waals surface area contributed by atoms with Crippen LogP contribution in [0.4, 0.5) is 0 Å². The Labute approximate surface area is 348 Å². The van der Waals surface area contributed by atoms with Gasteiger partial charge in [0.2, 0.25) is 0 Å². The minimum Gasteiger partial charge on any atom is -0.386 e. The SMILES string of the molecule is C=Nn1c(/C(N)=N\C)ccc1[C@]1(C)O[C@@H]2C(OP(=O)(O)OC[C@@H](COCCCCCCCCCCCCCCCCCC)OCc3ccc(Cl)cc3Cl)[C@]2(O)[C@H]1O. The summed E-state index contributed by atoms with van der Waals surface area (Å²) in [6, 6.07) is 8.29. The van der Waals surface area contributed by atoms with Gasteiger partial charge in [-0.1, -0.05) is 133 Å². The smallest absolute Gasteiger partial charge is 0.386 e. The number of rotatable bonds is 30. The summed E-state index contributed by atoms with van der Waals surface area (Å²) >= 11 is 12.4. The van der Waals surface area contributed by atoms with Crippen LogP contribution < -0.4 is 5.73 Å². The summed E-state index contributed by atoms with van der Waals surface area (Å²) in [6.07, 6.45) is 15.6. The molecule has 1 aliphatic heterocycles. The van der Waals surface area contributed by atoms with Crippen LogP contribution in [-0.4, -0.2) is 89.2 Å². The third kappa shape index (κ3) is 13.3. The van der Waals surface area contributed by atoms with Crippen LogP contribution in [0.1, 0.15) is 134 Å². The maximum atomic E-state index is 13.2. The normalized spacial score (nSPS) is 24.7. The first-order valence-electron chi connectivity index (χ1n) is 20.6. The van der Waals surface area contributed by atoms with Gasteiger partial charge in [-0.25, -0.2) is 9.24 Å². The predicted molar refractivity (Wildman–Crippen MR) is 225 cm³/mol. The zero-order chi connectivity index (χ0) is 41.5. The molecule has 1 saturated carbocycles. The molecule has 16 heteroatoms. The van der Waals surface area contributed by atoms with E-state index in [2.05, 4.69) is 23.7 Å². The largest absolute Gasteiger partial charge is 0.472 e. The number of nitrogens with zero attached hydrogens (tertiary/aromatic N) is 3. The van der Waals surface area contributed by atoms with Gasteiger partial charge in [0.05, 0.1) is 25.5 Å². The lowest BCUT2D eigenvalue weighted by Gasteiger charge is -2.33. The number of nitrogens with two attached hydrogens (primary N) is 1. The Bertz CT molecular complexity index is 1630. The molecule has 1 aromatic heterocycles. The lowest BCUT2D eigenvalue weighted by Crippen LogP contribution is -2.46. The molecule has 2 fully saturated rings. The van der Waals surface area contributed by atoms with Gasteiger partial charge in [-0.2, -0.15) is 5.10 Å². The lowest BCUT2D eigenvalue weighted by molar-refractivity contribution is -0.127. The van der Waals surface area contributed by atoms with Crippen molar-refractivity contribution in [2.45, 2.75) is 159 Å². The number of benzene rings is 1. The highest BCUT2D eigenvalue weighted by Gasteiger charge is 2.82. The molecule has 0 amide bonds. The Kier molecular flexibility index (Phi) is 19.5. The molecule has 13 nitrogen and oxygen atoms in total. The number of aliphatic hydroxyl groups excluding tert-OH is 1. The molecule has 2 aromatic rings. The van der Waals surface area contributed by atoms with Gasteiger partial charge in [0.15, 0.2) is 5.60 Å². The maximum Gasteiger partial charge on any atom is 0.472 e. The number of phosphoric ester groups is 1. The molecule has 57 heavy (non-hydrogen) atoms. The van der Waals surface area contributed by atoms with E-state index in [1.165, 1.54) is 95.2 Å². The highest BCUT2D eigenvalue weighted by atomic mass is 35.5. The van der Waals surface area contributed by atoms with E-state index < -0.39 is 43.4 Å². The second kappa shape index (κ2) is 23.2. The number of amidine groups is 1. The molecular formula is C41H65Cl2N4O9P. The van der Waals surface area contributed by atoms with Gasteiger partial charge in [-0.15, -0.1) is 0 Å². The molecular weight excluding hydrogens is 794 g/mol. The molecule has 5 N–H and O–H groups in total. The third-order valence-corrected chi connectivity index (χ3v) is 12.6. The van der Waals surface area contributed by atoms with E-state index in [-0.39, 0.29) is 25.7 Å². The van der Waals surface area contributed by atoms with E-state index >= 15 is 0 Å². The van der Waals surface area contributed by atoms with E-state index in [0.29, 0.717) is 33.6 Å². The minimum absolute atomic E-state index is 0.0743. The molecule has 0 radical (unpaired) electrons. The molecule has 1 aromatic carbocycles. The zero-order valence-corrected chi connectivity index (χ0v) is 36.4. The van der Waals surface area contributed by atoms with Crippen molar-refractivity contribution in [3.8, 4) is 0 Å². The van der Waals surface area contributed by atoms with Gasteiger partial charge in [0.1, 0.15) is 41.5 Å². The number of hydrogen-bond donors (Lipinski definition) is 4. The number of unbranched alkanes of at least 4 members (excludes halogenated alkanes) is 15. The number of hydrogen-bond acceptors (Lipinski definition) is 10. The van der Waals surface area contributed by atoms with Gasteiger partial charge < -0.3 is 35.1 Å². The standard InChI is InChI=1S/C41H65Cl2N4O9P/c1-5-6-7-8-9-10-11-12-13-14-15-16-17-18-19-20-25-52-28-32(53-27-30-21-22-31(42)26-33(30)43)29-54-57(50,51)56-37-36-41(37,49)39(48)40(2,55-36)35-24-23-34(38(44)45-3)47(35)46-4/h21-24,26,32,36-37,39,48-49H,4-20,25,27-29H2,1-3H3,(H2,44,45)(H,50,51)/t32-,36-,37?,39+,40+,41+/m1/s1. The Morgan fingerprint density at radius 2 is 1.58 bits per heavy atom. The molecule has 0 spiro atoms. The first-order valence-corrected chi connectivity index (χ1v) is 22.9. The summed E-state index contributed by atoms with van der Waals surface area (Å²) in [5, 5.41) is 27.6. The lowest BCUT2D eigenvalue weighted by atomic mass is 9.91. The minimum atomic E-state index is -4.79. The highest BCUT2D eigenvalue weighted by Crippen LogP contribution is 2.63. The molecule has 1 saturated heterocycles. The first-order chi connectivity index (χ1) is 27.3. The fourth-order valence-corrected chi connectivity index (χ4v) is 8.93. The summed E-state index contributed by atoms with van der Waals surface area (Å²) in [4.78, 5) is 14.7. The Morgan fingerprint density at radius 1 is 0.982 bits per heavy atom. The summed E-state index contributed by atoms with van der Waals surface area (Å²) < 4.78 is 43.3. The average Bonchev–Trinajstić information content (AvgIpc) is 3.43. The fourth-order valence-electron chi connectivity index (χ4n) is 7.48. The number of aliphatic imine (C=N–C) groups is 1. The van der Waals surface area contributed by atoms with Crippen LogP contribution in [0, 0.1) is 0 Å². The van der Waals surface area contributed by atoms with Gasteiger partial charge >= 0.3 is 7.82 Å². The Balaban J connectivity index is 1.19. The van der Waals surface area contributed by atoms with Crippen LogP contribution in [-0.2, 0) is 40.0 Å². The van der Waals surface area contributed by atoms with Gasteiger partial charge in [-0.3, -0.25) is 14.0 Å². The maximum absolute atomic E-state index is 13.2. The third-order valence-electron chi connectivity index (χ3n) is 11.0. The molecule has 2 unspecified atom stereocenters. The van der Waals surface area contributed by atoms with Crippen molar-refractivity contribution in [1.82, 2.24) is 4.68 Å². The second-order valence-corrected chi connectivity index (χ2v) is 17.7. The molecule has 4 rings (SSSR count). The van der Waals surface area contributed by atoms with Crippen molar-refractivity contribution in [3.05, 3.63) is 57.3 Å². The van der Waals surface area contributed by atoms with E-state index in [1.807, 2.05) is 0 Å². The van der Waals surface area contributed by atoms with Crippen LogP contribution >= 0.6 is 31.0 Å². The fraction of sp³-hybridized carbons (Fsp3) is 0.707. The highest BCUT2D eigenvalue weighted by molar-refractivity contribution is 7.47. The van der Waals surface area contributed by atoms with Crippen molar-refractivity contribution >= 4 is 43.6 Å². The zero-order valence-electron chi connectivity index (χ0n) is 34.0. The van der Waals surface area contributed by atoms with Crippen LogP contribution in [0.25, 0.3) is 0 Å². The topological polar surface area (TPSA) is 180 Å². The number of halogens is 2. The number of phosphoric acid groups is 1. The summed E-state index contributed by atoms with van der Waals surface area (Å²) in [5.74, 6) is 0.178. The number of aliphatic hydroxyl groups is 2. The molecule has 7 atom stereocenters. The van der Waals surface area contributed by atoms with E-state index in [0.717, 1.165) is 19.3 Å². The first kappa shape index (κ1) is 47.8. The molecule has 0 bridgehead atoms. The van der Waals surface area contributed by atoms with Crippen molar-refractivity contribution in [2.24, 2.45) is 15.8 Å². The monoisotopic (exact) mass is 858 g/mol. The van der Waals surface area contributed by atoms with Gasteiger partial charge in [0, 0.05) is 30.4 Å². The number of fused-ring (bicyclic) bond motifs is 1. The Morgan fingerprint density at radius 3 is 2.11 bits per heavy atom. The van der Waals surface area contributed by atoms with Gasteiger partial charge in [-0.05, 0) is 43.2 Å². The van der Waals surface area contributed by atoms with E-state index in [1.54, 1.807) is 37.3 Å². The average molecular weight is 860 g/mol. The molecule has 2 aliphatic rings. The summed E-state index contributed by atoms with van der Waals surface area (Å²) in [5.41, 5.74) is 3.92. The van der Waals surface area contributed by atoms with Crippen LogP contribution in [0.15, 0.2) is 40.4 Å². The second-order valence-electron chi connectivity index (χ2n) is 15.4. The quantitative estimate of drug-likeness (QED) is 0.0257. The van der Waals surface area contributed by atoms with E-state index in [9.17, 15) is 19.7 Å². The van der Waals surface area contributed by atoms with Crippen LogP contribution in [0.5, 0.6) is 0 Å². The van der Waals surface area contributed by atoms with Crippen molar-refractivity contribution in [2.75, 3.05) is 26.9 Å². The van der Waals surface area contributed by atoms with Crippen molar-refractivity contribution < 1.29 is 42.9 Å². The predicted octanol–water partition coefficient (Wildman–Crippen LogP) is 8.68. The van der Waals surface area contributed by atoms with E-state index in [4.69, 9.17) is 52.2 Å². The van der Waals surface area contributed by atoms with Crippen molar-refractivity contribution in [1.29, 1.82) is 0 Å². The van der Waals surface area contributed by atoms with Gasteiger partial charge in [0.25, 0.3) is 0 Å². The molecule has 2 heterocycles. The summed E-state index contributed by atoms with van der Waals surface area (Å²) in [6.45, 7) is 7.69. The molecule has 1 aliphatic carbocycles. The molecule has 322 valence electrons. The Hall–Kier alpha value is -1.87. The number of ether oxygens (including phenoxy) is 3. The van der Waals surface area contributed by atoms with Crippen LogP contribution in [0.2, 0.25) is 10.0 Å². The van der Waals surface area contributed by atoms with Crippen LogP contribution in [0.3, 0.4) is 0 Å². The number of aromatic nitrogens is 1. The van der Waals surface area contributed by atoms with Crippen molar-refractivity contribution in [3.63, 3.8) is 0 Å².